The summed E-state index contributed by atoms with van der Waals surface area (Å²) in [7, 11) is 0. The first-order valence-corrected chi connectivity index (χ1v) is 4.35. The molecule has 0 radical (unpaired) electrons. The highest BCUT2D eigenvalue weighted by Gasteiger charge is 2.26. The lowest BCUT2D eigenvalue weighted by molar-refractivity contribution is -0.146. The standard InChI is InChI=1S/C9H9F3O4/c10-9(11,12)3-4-15-5-6-1-2-7(16-6)8(13)14/h1-2H,3-5H2,(H,13,14). The molecule has 0 aromatic carbocycles. The van der Waals surface area contributed by atoms with Crippen LogP contribution in [0, 0.1) is 0 Å². The highest BCUT2D eigenvalue weighted by Crippen LogP contribution is 2.19. The summed E-state index contributed by atoms with van der Waals surface area (Å²) in [6.45, 7) is -0.657. The van der Waals surface area contributed by atoms with E-state index in [-0.39, 0.29) is 18.1 Å². The molecule has 1 heterocycles. The molecule has 0 bridgehead atoms. The minimum atomic E-state index is -4.25. The van der Waals surface area contributed by atoms with Gasteiger partial charge in [0.25, 0.3) is 0 Å². The molecule has 0 aliphatic rings. The molecule has 0 unspecified atom stereocenters. The van der Waals surface area contributed by atoms with Gasteiger partial charge in [0.05, 0.1) is 13.0 Å². The molecule has 1 rings (SSSR count). The van der Waals surface area contributed by atoms with Crippen molar-refractivity contribution >= 4 is 5.97 Å². The largest absolute Gasteiger partial charge is 0.475 e. The van der Waals surface area contributed by atoms with E-state index in [1.807, 2.05) is 0 Å². The van der Waals surface area contributed by atoms with E-state index in [0.29, 0.717) is 0 Å². The Kier molecular flexibility index (Phi) is 3.94. The van der Waals surface area contributed by atoms with Gasteiger partial charge in [-0.2, -0.15) is 13.2 Å². The van der Waals surface area contributed by atoms with Crippen molar-refractivity contribution in [3.05, 3.63) is 23.7 Å². The average Bonchev–Trinajstić information content (AvgIpc) is 2.59. The summed E-state index contributed by atoms with van der Waals surface area (Å²) in [5.41, 5.74) is 0. The fourth-order valence-corrected chi connectivity index (χ4v) is 0.931. The van der Waals surface area contributed by atoms with Crippen molar-refractivity contribution in [2.75, 3.05) is 6.61 Å². The summed E-state index contributed by atoms with van der Waals surface area (Å²) in [5, 5.41) is 8.49. The molecule has 7 heteroatoms. The number of aromatic carboxylic acids is 1. The van der Waals surface area contributed by atoms with Crippen LogP contribution in [0.5, 0.6) is 0 Å². The van der Waals surface area contributed by atoms with E-state index in [2.05, 4.69) is 4.74 Å². The van der Waals surface area contributed by atoms with Gasteiger partial charge in [-0.15, -0.1) is 0 Å². The number of alkyl halides is 3. The van der Waals surface area contributed by atoms with Crippen LogP contribution in [0.25, 0.3) is 0 Å². The van der Waals surface area contributed by atoms with Crippen LogP contribution in [0.3, 0.4) is 0 Å². The van der Waals surface area contributed by atoms with E-state index in [1.54, 1.807) is 0 Å². The smallest absolute Gasteiger partial charge is 0.391 e. The van der Waals surface area contributed by atoms with Crippen LogP contribution in [0.1, 0.15) is 22.7 Å². The predicted molar refractivity (Wildman–Crippen MR) is 46.0 cm³/mol. The molecular weight excluding hydrogens is 229 g/mol. The fraction of sp³-hybridized carbons (Fsp3) is 0.444. The van der Waals surface area contributed by atoms with Gasteiger partial charge in [0, 0.05) is 0 Å². The Morgan fingerprint density at radius 2 is 2.12 bits per heavy atom. The predicted octanol–water partition coefficient (Wildman–Crippen LogP) is 2.45. The van der Waals surface area contributed by atoms with E-state index < -0.39 is 25.2 Å². The van der Waals surface area contributed by atoms with Crippen molar-refractivity contribution in [1.82, 2.24) is 0 Å². The van der Waals surface area contributed by atoms with Crippen LogP contribution in [0.4, 0.5) is 13.2 Å². The van der Waals surface area contributed by atoms with Crippen LogP contribution < -0.4 is 0 Å². The first-order valence-electron chi connectivity index (χ1n) is 4.35. The maximum absolute atomic E-state index is 11.7. The highest BCUT2D eigenvalue weighted by molar-refractivity contribution is 5.84. The van der Waals surface area contributed by atoms with Crippen LogP contribution in [0.15, 0.2) is 16.5 Å². The van der Waals surface area contributed by atoms with Crippen molar-refractivity contribution in [3.8, 4) is 0 Å². The van der Waals surface area contributed by atoms with Crippen molar-refractivity contribution < 1.29 is 32.2 Å². The van der Waals surface area contributed by atoms with E-state index in [1.165, 1.54) is 12.1 Å². The van der Waals surface area contributed by atoms with Crippen molar-refractivity contribution in [3.63, 3.8) is 0 Å². The topological polar surface area (TPSA) is 59.7 Å². The van der Waals surface area contributed by atoms with E-state index in [4.69, 9.17) is 9.52 Å². The fourth-order valence-electron chi connectivity index (χ4n) is 0.931. The normalized spacial score (nSPS) is 11.7. The minimum absolute atomic E-state index is 0.177. The van der Waals surface area contributed by atoms with E-state index >= 15 is 0 Å². The molecule has 1 aromatic rings. The number of furan rings is 1. The molecule has 0 fully saturated rings. The Hall–Kier alpha value is -1.50. The Morgan fingerprint density at radius 3 is 2.62 bits per heavy atom. The van der Waals surface area contributed by atoms with Crippen molar-refractivity contribution in [1.29, 1.82) is 0 Å². The van der Waals surface area contributed by atoms with Gasteiger partial charge in [-0.25, -0.2) is 4.79 Å². The third-order valence-electron chi connectivity index (χ3n) is 1.65. The van der Waals surface area contributed by atoms with Gasteiger partial charge < -0.3 is 14.3 Å². The number of rotatable bonds is 5. The molecule has 0 aliphatic heterocycles. The maximum Gasteiger partial charge on any atom is 0.391 e. The lowest BCUT2D eigenvalue weighted by Gasteiger charge is -2.05. The number of halogens is 3. The Labute approximate surface area is 88.6 Å². The first-order chi connectivity index (χ1) is 7.38. The summed E-state index contributed by atoms with van der Waals surface area (Å²) in [4.78, 5) is 10.4. The minimum Gasteiger partial charge on any atom is -0.475 e. The summed E-state index contributed by atoms with van der Waals surface area (Å²) in [6, 6.07) is 2.56. The summed E-state index contributed by atoms with van der Waals surface area (Å²) < 4.78 is 44.6. The van der Waals surface area contributed by atoms with Crippen LogP contribution in [-0.2, 0) is 11.3 Å². The van der Waals surface area contributed by atoms with E-state index in [0.717, 1.165) is 0 Å². The number of carboxylic acids is 1. The number of ether oxygens (including phenoxy) is 1. The zero-order chi connectivity index (χ0) is 12.2. The molecule has 1 aromatic heterocycles. The Bertz CT molecular complexity index is 356. The third kappa shape index (κ3) is 4.35. The SMILES string of the molecule is O=C(O)c1ccc(COCCC(F)(F)F)o1. The molecule has 90 valence electrons. The third-order valence-corrected chi connectivity index (χ3v) is 1.65. The Balaban J connectivity index is 2.30. The molecule has 0 atom stereocenters. The van der Waals surface area contributed by atoms with Gasteiger partial charge in [0.1, 0.15) is 12.4 Å². The van der Waals surface area contributed by atoms with Crippen molar-refractivity contribution in [2.24, 2.45) is 0 Å². The first kappa shape index (κ1) is 12.6. The van der Waals surface area contributed by atoms with Gasteiger partial charge in [0.15, 0.2) is 0 Å². The highest BCUT2D eigenvalue weighted by atomic mass is 19.4. The molecule has 4 nitrogen and oxygen atoms in total. The van der Waals surface area contributed by atoms with Gasteiger partial charge in [0.2, 0.25) is 5.76 Å². The summed E-state index contributed by atoms with van der Waals surface area (Å²) >= 11 is 0. The number of hydrogen-bond acceptors (Lipinski definition) is 3. The molecular formula is C9H9F3O4. The summed E-state index contributed by atoms with van der Waals surface area (Å²) in [6.07, 6.45) is -5.30. The van der Waals surface area contributed by atoms with E-state index in [9.17, 15) is 18.0 Å². The van der Waals surface area contributed by atoms with Crippen LogP contribution in [0.2, 0.25) is 0 Å². The Morgan fingerprint density at radius 1 is 1.44 bits per heavy atom. The van der Waals surface area contributed by atoms with Gasteiger partial charge in [-0.1, -0.05) is 0 Å². The average molecular weight is 238 g/mol. The van der Waals surface area contributed by atoms with Crippen LogP contribution in [-0.4, -0.2) is 23.9 Å². The second-order valence-electron chi connectivity index (χ2n) is 2.99. The lowest BCUT2D eigenvalue weighted by Crippen LogP contribution is -2.11. The van der Waals surface area contributed by atoms with Gasteiger partial charge >= 0.3 is 12.1 Å². The van der Waals surface area contributed by atoms with Gasteiger partial charge in [-0.3, -0.25) is 0 Å². The van der Waals surface area contributed by atoms with Crippen molar-refractivity contribution in [2.45, 2.75) is 19.2 Å². The monoisotopic (exact) mass is 238 g/mol. The number of carbonyl (C=O) groups is 1. The second-order valence-corrected chi connectivity index (χ2v) is 2.99. The maximum atomic E-state index is 11.7. The molecule has 16 heavy (non-hydrogen) atoms. The molecule has 0 spiro atoms. The number of hydrogen-bond donors (Lipinski definition) is 1. The molecule has 0 saturated heterocycles. The zero-order valence-electron chi connectivity index (χ0n) is 8.08. The summed E-state index contributed by atoms with van der Waals surface area (Å²) in [5.74, 6) is -1.32. The number of carboxylic acid groups (broad SMARTS) is 1. The molecule has 0 amide bonds. The molecule has 0 saturated carbocycles. The molecule has 1 N–H and O–H groups in total. The van der Waals surface area contributed by atoms with Crippen LogP contribution >= 0.6 is 0 Å². The second kappa shape index (κ2) is 5.02. The quantitative estimate of drug-likeness (QED) is 0.800. The van der Waals surface area contributed by atoms with Gasteiger partial charge in [-0.05, 0) is 12.1 Å². The zero-order valence-corrected chi connectivity index (χ0v) is 8.08. The lowest BCUT2D eigenvalue weighted by atomic mass is 10.4. The molecule has 0 aliphatic carbocycles.